The highest BCUT2D eigenvalue weighted by molar-refractivity contribution is 6.53. The van der Waals surface area contributed by atoms with Crippen LogP contribution in [0, 0.1) is 17.8 Å². The summed E-state index contributed by atoms with van der Waals surface area (Å²) in [4.78, 5) is 54.8. The van der Waals surface area contributed by atoms with Crippen molar-refractivity contribution >= 4 is 69.6 Å². The van der Waals surface area contributed by atoms with E-state index in [9.17, 15) is 37.5 Å². The maximum absolute atomic E-state index is 14.3. The Bertz CT molecular complexity index is 2080. The third kappa shape index (κ3) is 5.42. The van der Waals surface area contributed by atoms with Gasteiger partial charge in [-0.05, 0) is 85.5 Å². The quantitative estimate of drug-likeness (QED) is 0.125. The Balaban J connectivity index is 1.23. The van der Waals surface area contributed by atoms with Gasteiger partial charge in [-0.25, -0.2) is 0 Å². The van der Waals surface area contributed by atoms with Crippen molar-refractivity contribution in [1.82, 2.24) is 4.90 Å². The van der Waals surface area contributed by atoms with Crippen LogP contribution in [-0.2, 0) is 19.2 Å². The predicted octanol–water partition coefficient (Wildman–Crippen LogP) is 6.97. The van der Waals surface area contributed by atoms with Crippen molar-refractivity contribution in [3.8, 4) is 11.5 Å². The van der Waals surface area contributed by atoms with E-state index in [2.05, 4.69) is 15.0 Å². The number of aromatic hydroxyl groups is 1. The highest BCUT2D eigenvalue weighted by atomic mass is 35.5. The Kier molecular flexibility index (Phi) is 8.41. The lowest BCUT2D eigenvalue weighted by molar-refractivity contribution is -0.274. The Morgan fingerprint density at radius 1 is 0.885 bits per heavy atom. The molecule has 2 heterocycles. The van der Waals surface area contributed by atoms with E-state index in [-0.39, 0.29) is 24.1 Å². The summed E-state index contributed by atoms with van der Waals surface area (Å²) in [6.45, 7) is 0. The highest BCUT2D eigenvalue weighted by Gasteiger charge is 2.76. The molecular weight excluding hydrogens is 726 g/mol. The Hall–Kier alpha value is -4.95. The number of halogens is 5. The second-order valence-corrected chi connectivity index (χ2v) is 14.6. The first kappa shape index (κ1) is 35.5. The Morgan fingerprint density at radius 3 is 2.10 bits per heavy atom. The molecule has 1 saturated carbocycles. The van der Waals surface area contributed by atoms with E-state index in [1.54, 1.807) is 30.3 Å². The van der Waals surface area contributed by atoms with Gasteiger partial charge >= 0.3 is 6.36 Å². The van der Waals surface area contributed by atoms with Crippen LogP contribution >= 0.6 is 23.2 Å². The summed E-state index contributed by atoms with van der Waals surface area (Å²) < 4.78 is 43.8. The molecule has 4 aliphatic rings. The first-order valence-electron chi connectivity index (χ1n) is 16.1. The number of imide groups is 2. The molecule has 7 rings (SSSR count). The average Bonchev–Trinajstić information content (AvgIpc) is 3.42. The molecule has 16 heteroatoms. The molecule has 3 aromatic rings. The van der Waals surface area contributed by atoms with Crippen LogP contribution in [0.25, 0.3) is 0 Å². The van der Waals surface area contributed by atoms with Crippen LogP contribution < -0.4 is 14.5 Å². The van der Waals surface area contributed by atoms with E-state index in [1.165, 1.54) is 7.05 Å². The van der Waals surface area contributed by atoms with Crippen LogP contribution in [0.3, 0.4) is 0 Å². The van der Waals surface area contributed by atoms with Crippen LogP contribution in [0.15, 0.2) is 88.6 Å². The van der Waals surface area contributed by atoms with Crippen molar-refractivity contribution in [3.05, 3.63) is 83.9 Å². The third-order valence-electron chi connectivity index (χ3n) is 10.3. The molecular formula is C36H30Cl2F3N5O6. The number of amides is 4. The number of hydrogen-bond acceptors (Lipinski definition) is 9. The number of phenols is 1. The molecule has 6 atom stereocenters. The minimum atomic E-state index is -5.09. The second kappa shape index (κ2) is 12.3. The predicted molar refractivity (Wildman–Crippen MR) is 184 cm³/mol. The van der Waals surface area contributed by atoms with Crippen LogP contribution in [-0.4, -0.2) is 70.9 Å². The number of azo groups is 1. The minimum Gasteiger partial charge on any atom is -0.508 e. The molecule has 2 aliphatic heterocycles. The second-order valence-electron chi connectivity index (χ2n) is 13.4. The van der Waals surface area contributed by atoms with E-state index in [0.29, 0.717) is 16.9 Å². The number of likely N-dealkylation sites (tertiary alicyclic amines) is 1. The van der Waals surface area contributed by atoms with Crippen molar-refractivity contribution in [1.29, 1.82) is 0 Å². The van der Waals surface area contributed by atoms with Crippen LogP contribution in [0.4, 0.5) is 35.9 Å². The molecule has 0 aromatic heterocycles. The Morgan fingerprint density at radius 2 is 1.50 bits per heavy atom. The lowest BCUT2D eigenvalue weighted by Crippen LogP contribution is -2.60. The lowest BCUT2D eigenvalue weighted by Gasteiger charge is -2.50. The van der Waals surface area contributed by atoms with Gasteiger partial charge in [0, 0.05) is 38.3 Å². The van der Waals surface area contributed by atoms with E-state index in [1.807, 2.05) is 43.3 Å². The Labute approximate surface area is 305 Å². The van der Waals surface area contributed by atoms with Crippen LogP contribution in [0.5, 0.6) is 11.5 Å². The fourth-order valence-electron chi connectivity index (χ4n) is 7.91. The van der Waals surface area contributed by atoms with Crippen LogP contribution in [0.2, 0.25) is 0 Å². The summed E-state index contributed by atoms with van der Waals surface area (Å²) in [5.74, 6) is -8.56. The number of carbonyl (C=O) groups excluding carboxylic acids is 4. The summed E-state index contributed by atoms with van der Waals surface area (Å²) in [5, 5.41) is 19.5. The summed E-state index contributed by atoms with van der Waals surface area (Å²) in [7, 11) is 5.02. The number of alkyl halides is 5. The van der Waals surface area contributed by atoms with Gasteiger partial charge in [0.1, 0.15) is 11.5 Å². The zero-order valence-corrected chi connectivity index (χ0v) is 29.3. The molecule has 270 valence electrons. The average molecular weight is 757 g/mol. The van der Waals surface area contributed by atoms with E-state index in [0.717, 1.165) is 33.7 Å². The molecule has 11 nitrogen and oxygen atoms in total. The molecule has 0 unspecified atom stereocenters. The smallest absolute Gasteiger partial charge is 0.508 e. The van der Waals surface area contributed by atoms with Gasteiger partial charge in [0.15, 0.2) is 9.75 Å². The standard InChI is InChI=1S/C36H30Cl2F3N5O6/c1-44(2)20-8-4-18(5-9-20)42-43-19-6-10-21(11-7-19)46-30(48)24-14-13-23-26(28(24)31(46)49)17-34(37)32(50)45(3)33(51)35(34,38)29(23)25-16-22(12-15-27(25)47)52-36(39,40)41/h4-13,15-16,24,26,28-29,47H,14,17H2,1-3H3/t24-,26+,28-,29+,34+,35-/m0/s1. The van der Waals surface area contributed by atoms with Gasteiger partial charge in [-0.2, -0.15) is 10.2 Å². The molecule has 52 heavy (non-hydrogen) atoms. The topological polar surface area (TPSA) is 132 Å². The van der Waals surface area contributed by atoms with E-state index >= 15 is 0 Å². The van der Waals surface area contributed by atoms with E-state index in [4.69, 9.17) is 23.2 Å². The number of hydrogen-bond donors (Lipinski definition) is 1. The molecule has 3 aromatic carbocycles. The maximum Gasteiger partial charge on any atom is 0.573 e. The minimum absolute atomic E-state index is 0.00666. The summed E-state index contributed by atoms with van der Waals surface area (Å²) >= 11 is 14.2. The molecule has 1 N–H and O–H groups in total. The number of anilines is 2. The van der Waals surface area contributed by atoms with Crippen molar-refractivity contribution in [2.75, 3.05) is 30.9 Å². The summed E-state index contributed by atoms with van der Waals surface area (Å²) in [6, 6.07) is 16.4. The fourth-order valence-corrected chi connectivity index (χ4v) is 8.92. The summed E-state index contributed by atoms with van der Waals surface area (Å²) in [6.07, 6.45) is -3.81. The number of benzene rings is 3. The van der Waals surface area contributed by atoms with Gasteiger partial charge in [-0.1, -0.05) is 11.6 Å². The molecule has 0 spiro atoms. The normalized spacial score (nSPS) is 28.6. The monoisotopic (exact) mass is 755 g/mol. The van der Waals surface area contributed by atoms with Crippen molar-refractivity contribution in [2.45, 2.75) is 34.9 Å². The number of allylic oxidation sites excluding steroid dienone is 2. The number of phenolic OH excluding ortho intramolecular Hbond substituents is 1. The fraction of sp³-hybridized carbons (Fsp3) is 0.333. The van der Waals surface area contributed by atoms with Crippen molar-refractivity contribution in [3.63, 3.8) is 0 Å². The number of ether oxygens (including phenoxy) is 1. The molecule has 3 fully saturated rings. The molecule has 2 saturated heterocycles. The molecule has 0 radical (unpaired) electrons. The largest absolute Gasteiger partial charge is 0.573 e. The lowest BCUT2D eigenvalue weighted by atomic mass is 9.56. The van der Waals surface area contributed by atoms with E-state index < -0.39 is 74.9 Å². The number of carbonyl (C=O) groups is 4. The summed E-state index contributed by atoms with van der Waals surface area (Å²) in [5.41, 5.74) is 2.37. The van der Waals surface area contributed by atoms with Gasteiger partial charge in [-0.3, -0.25) is 29.0 Å². The molecule has 0 bridgehead atoms. The first-order valence-corrected chi connectivity index (χ1v) is 16.9. The van der Waals surface area contributed by atoms with Gasteiger partial charge in [0.25, 0.3) is 11.8 Å². The zero-order chi connectivity index (χ0) is 37.5. The SMILES string of the molecule is CN1C(=O)[C@]2(Cl)C[C@@H]3C(=CC[C@@H]4C(=O)N(c5ccc(N=Nc6ccc(N(C)C)cc6)cc5)C(=O)[C@@H]43)[C@H](c3cc(OC(F)(F)F)ccc3O)[C@]2(Cl)C1=O. The first-order chi connectivity index (χ1) is 24.5. The van der Waals surface area contributed by atoms with Gasteiger partial charge in [0.05, 0.1) is 28.9 Å². The highest BCUT2D eigenvalue weighted by Crippen LogP contribution is 2.66. The maximum atomic E-state index is 14.3. The number of rotatable bonds is 6. The molecule has 2 aliphatic carbocycles. The number of fused-ring (bicyclic) bond motifs is 4. The van der Waals surface area contributed by atoms with Gasteiger partial charge in [0.2, 0.25) is 11.8 Å². The van der Waals surface area contributed by atoms with Crippen molar-refractivity contribution < 1.29 is 42.2 Å². The zero-order valence-electron chi connectivity index (χ0n) is 27.8. The van der Waals surface area contributed by atoms with Crippen molar-refractivity contribution in [2.24, 2.45) is 28.0 Å². The third-order valence-corrected chi connectivity index (χ3v) is 11.7. The molecule has 4 amide bonds. The van der Waals surface area contributed by atoms with Gasteiger partial charge in [-0.15, -0.1) is 36.4 Å². The van der Waals surface area contributed by atoms with Gasteiger partial charge < -0.3 is 14.7 Å². The number of nitrogens with zero attached hydrogens (tertiary/aromatic N) is 5. The van der Waals surface area contributed by atoms with Crippen LogP contribution in [0.1, 0.15) is 24.3 Å².